The third-order valence-corrected chi connectivity index (χ3v) is 4.94. The Morgan fingerprint density at radius 2 is 1.95 bits per heavy atom. The van der Waals surface area contributed by atoms with Crippen molar-refractivity contribution in [1.29, 1.82) is 0 Å². The van der Waals surface area contributed by atoms with Gasteiger partial charge in [-0.05, 0) is 38.3 Å². The van der Waals surface area contributed by atoms with Crippen molar-refractivity contribution >= 4 is 11.6 Å². The molecule has 1 aliphatic heterocycles. The molecule has 1 aromatic carbocycles. The monoisotopic (exact) mass is 272 g/mol. The number of nitrogens with one attached hydrogen (secondary N) is 1. The highest BCUT2D eigenvalue weighted by Crippen LogP contribution is 2.37. The van der Waals surface area contributed by atoms with Gasteiger partial charge in [0.25, 0.3) is 5.91 Å². The van der Waals surface area contributed by atoms with Crippen molar-refractivity contribution in [2.75, 3.05) is 5.32 Å². The molecule has 0 radical (unpaired) electrons. The van der Waals surface area contributed by atoms with Crippen LogP contribution in [0.25, 0.3) is 0 Å². The molecule has 2 aliphatic rings. The molecule has 1 aromatic rings. The molecule has 1 saturated carbocycles. The van der Waals surface area contributed by atoms with Crippen molar-refractivity contribution in [1.82, 2.24) is 4.90 Å². The van der Waals surface area contributed by atoms with E-state index in [0.29, 0.717) is 6.04 Å². The number of hydrogen-bond donors (Lipinski definition) is 1. The summed E-state index contributed by atoms with van der Waals surface area (Å²) < 4.78 is 0. The maximum absolute atomic E-state index is 13.0. The SMILES string of the molecule is CC[C@]1(C)Nc2ccccc2C(=O)N1C1CCCCC1. The molecule has 1 aliphatic carbocycles. The molecule has 108 valence electrons. The van der Waals surface area contributed by atoms with E-state index in [4.69, 9.17) is 0 Å². The van der Waals surface area contributed by atoms with Gasteiger partial charge in [0.2, 0.25) is 0 Å². The fourth-order valence-corrected chi connectivity index (χ4v) is 3.65. The fourth-order valence-electron chi connectivity index (χ4n) is 3.65. The summed E-state index contributed by atoms with van der Waals surface area (Å²) in [7, 11) is 0. The first-order valence-corrected chi connectivity index (χ1v) is 7.86. The number of benzene rings is 1. The topological polar surface area (TPSA) is 32.3 Å². The second kappa shape index (κ2) is 5.12. The standard InChI is InChI=1S/C17H24N2O/c1-3-17(2)18-15-12-8-7-11-14(15)16(20)19(17)13-9-5-4-6-10-13/h7-8,11-13,18H,3-6,9-10H2,1-2H3/t17-/m1/s1. The Morgan fingerprint density at radius 3 is 2.65 bits per heavy atom. The summed E-state index contributed by atoms with van der Waals surface area (Å²) in [6, 6.07) is 8.29. The summed E-state index contributed by atoms with van der Waals surface area (Å²) in [6.07, 6.45) is 7.01. The Morgan fingerprint density at radius 1 is 1.25 bits per heavy atom. The van der Waals surface area contributed by atoms with E-state index >= 15 is 0 Å². The number of fused-ring (bicyclic) bond motifs is 1. The van der Waals surface area contributed by atoms with Crippen LogP contribution in [0.2, 0.25) is 0 Å². The van der Waals surface area contributed by atoms with Crippen LogP contribution in [0.15, 0.2) is 24.3 Å². The maximum Gasteiger partial charge on any atom is 0.258 e. The zero-order valence-electron chi connectivity index (χ0n) is 12.5. The molecule has 0 spiro atoms. The van der Waals surface area contributed by atoms with E-state index in [9.17, 15) is 4.79 Å². The number of carbonyl (C=O) groups excluding carboxylic acids is 1. The number of carbonyl (C=O) groups is 1. The van der Waals surface area contributed by atoms with Gasteiger partial charge in [-0.25, -0.2) is 0 Å². The molecule has 3 rings (SSSR count). The van der Waals surface area contributed by atoms with Crippen LogP contribution < -0.4 is 5.32 Å². The lowest BCUT2D eigenvalue weighted by Gasteiger charge is -2.50. The predicted octanol–water partition coefficient (Wildman–Crippen LogP) is 4.01. The van der Waals surface area contributed by atoms with E-state index in [-0.39, 0.29) is 11.6 Å². The lowest BCUT2D eigenvalue weighted by atomic mass is 9.89. The highest BCUT2D eigenvalue weighted by molar-refractivity contribution is 6.02. The van der Waals surface area contributed by atoms with E-state index in [1.165, 1.54) is 19.3 Å². The van der Waals surface area contributed by atoms with E-state index in [1.54, 1.807) is 0 Å². The molecule has 0 aromatic heterocycles. The lowest BCUT2D eigenvalue weighted by Crippen LogP contribution is -2.61. The van der Waals surface area contributed by atoms with Gasteiger partial charge >= 0.3 is 0 Å². The van der Waals surface area contributed by atoms with E-state index in [2.05, 4.69) is 24.1 Å². The molecule has 3 nitrogen and oxygen atoms in total. The Labute approximate surface area is 121 Å². The van der Waals surface area contributed by atoms with Crippen molar-refractivity contribution < 1.29 is 4.79 Å². The summed E-state index contributed by atoms with van der Waals surface area (Å²) in [5, 5.41) is 3.61. The summed E-state index contributed by atoms with van der Waals surface area (Å²) >= 11 is 0. The molecule has 1 heterocycles. The molecule has 1 N–H and O–H groups in total. The number of anilines is 1. The van der Waals surface area contributed by atoms with Gasteiger partial charge in [0.1, 0.15) is 5.66 Å². The van der Waals surface area contributed by atoms with Crippen LogP contribution in [0.4, 0.5) is 5.69 Å². The molecule has 0 saturated heterocycles. The van der Waals surface area contributed by atoms with Gasteiger partial charge in [0.15, 0.2) is 0 Å². The number of para-hydroxylation sites is 1. The van der Waals surface area contributed by atoms with Gasteiger partial charge in [0, 0.05) is 11.7 Å². The smallest absolute Gasteiger partial charge is 0.258 e. The minimum absolute atomic E-state index is 0.204. The summed E-state index contributed by atoms with van der Waals surface area (Å²) in [4.78, 5) is 15.1. The minimum atomic E-state index is -0.257. The predicted molar refractivity (Wildman–Crippen MR) is 81.8 cm³/mol. The van der Waals surface area contributed by atoms with Crippen molar-refractivity contribution in [3.8, 4) is 0 Å². The molecule has 1 atom stereocenters. The number of hydrogen-bond acceptors (Lipinski definition) is 2. The normalized spacial score (nSPS) is 27.1. The second-order valence-corrected chi connectivity index (χ2v) is 6.26. The van der Waals surface area contributed by atoms with Crippen molar-refractivity contribution in [2.24, 2.45) is 0 Å². The van der Waals surface area contributed by atoms with Crippen LogP contribution in [0.1, 0.15) is 62.7 Å². The van der Waals surface area contributed by atoms with Crippen molar-refractivity contribution in [3.05, 3.63) is 29.8 Å². The molecule has 20 heavy (non-hydrogen) atoms. The van der Waals surface area contributed by atoms with Crippen LogP contribution in [0, 0.1) is 0 Å². The first-order chi connectivity index (χ1) is 9.65. The highest BCUT2D eigenvalue weighted by atomic mass is 16.2. The first-order valence-electron chi connectivity index (χ1n) is 7.86. The molecule has 1 fully saturated rings. The average Bonchev–Trinajstić information content (AvgIpc) is 2.48. The molecule has 0 bridgehead atoms. The van der Waals surface area contributed by atoms with Crippen LogP contribution in [0.5, 0.6) is 0 Å². The van der Waals surface area contributed by atoms with Gasteiger partial charge in [-0.2, -0.15) is 0 Å². The lowest BCUT2D eigenvalue weighted by molar-refractivity contribution is 0.0304. The molecule has 1 amide bonds. The quantitative estimate of drug-likeness (QED) is 0.882. The van der Waals surface area contributed by atoms with Gasteiger partial charge in [0.05, 0.1) is 5.56 Å². The van der Waals surface area contributed by atoms with Gasteiger partial charge < -0.3 is 10.2 Å². The van der Waals surface area contributed by atoms with E-state index in [1.807, 2.05) is 24.3 Å². The van der Waals surface area contributed by atoms with E-state index in [0.717, 1.165) is 30.5 Å². The molecular weight excluding hydrogens is 248 g/mol. The zero-order chi connectivity index (χ0) is 14.2. The molecule has 0 unspecified atom stereocenters. The third kappa shape index (κ3) is 2.09. The van der Waals surface area contributed by atoms with Crippen LogP contribution >= 0.6 is 0 Å². The minimum Gasteiger partial charge on any atom is -0.362 e. The average molecular weight is 272 g/mol. The summed E-state index contributed by atoms with van der Waals surface area (Å²) in [6.45, 7) is 4.32. The third-order valence-electron chi connectivity index (χ3n) is 4.94. The Bertz CT molecular complexity index is 507. The highest BCUT2D eigenvalue weighted by Gasteiger charge is 2.43. The van der Waals surface area contributed by atoms with Crippen LogP contribution in [-0.2, 0) is 0 Å². The van der Waals surface area contributed by atoms with Gasteiger partial charge in [-0.1, -0.05) is 38.3 Å². The number of nitrogens with zero attached hydrogens (tertiary/aromatic N) is 1. The molecular formula is C17H24N2O. The Hall–Kier alpha value is -1.51. The maximum atomic E-state index is 13.0. The zero-order valence-corrected chi connectivity index (χ0v) is 12.5. The first kappa shape index (κ1) is 13.5. The largest absolute Gasteiger partial charge is 0.362 e. The summed E-state index contributed by atoms with van der Waals surface area (Å²) in [5.41, 5.74) is 1.55. The molecule has 3 heteroatoms. The Balaban J connectivity index is 2.00. The fraction of sp³-hybridized carbons (Fsp3) is 0.588. The van der Waals surface area contributed by atoms with Crippen LogP contribution in [-0.4, -0.2) is 22.5 Å². The number of amides is 1. The number of rotatable bonds is 2. The van der Waals surface area contributed by atoms with Crippen LogP contribution in [0.3, 0.4) is 0 Å². The van der Waals surface area contributed by atoms with Gasteiger partial charge in [-0.15, -0.1) is 0 Å². The van der Waals surface area contributed by atoms with Crippen molar-refractivity contribution in [2.45, 2.75) is 64.1 Å². The summed E-state index contributed by atoms with van der Waals surface area (Å²) in [5.74, 6) is 0.204. The van der Waals surface area contributed by atoms with Gasteiger partial charge in [-0.3, -0.25) is 4.79 Å². The Kier molecular flexibility index (Phi) is 3.45. The van der Waals surface area contributed by atoms with Crippen molar-refractivity contribution in [3.63, 3.8) is 0 Å². The van der Waals surface area contributed by atoms with E-state index < -0.39 is 0 Å². The second-order valence-electron chi connectivity index (χ2n) is 6.26.